The van der Waals surface area contributed by atoms with Gasteiger partial charge in [0.1, 0.15) is 0 Å². The molecule has 0 saturated heterocycles. The number of nitrogens with zero attached hydrogens (tertiary/aromatic N) is 3. The lowest BCUT2D eigenvalue weighted by Gasteiger charge is -2.05. The molecule has 0 aliphatic carbocycles. The number of aromatic nitrogens is 1. The Labute approximate surface area is 136 Å². The van der Waals surface area contributed by atoms with Crippen LogP contribution >= 0.6 is 0 Å². The largest absolute Gasteiger partial charge is 0.500 e. The first-order valence-electron chi connectivity index (χ1n) is 6.74. The predicted octanol–water partition coefficient (Wildman–Crippen LogP) is 1.78. The van der Waals surface area contributed by atoms with E-state index in [0.29, 0.717) is 5.56 Å². The maximum Gasteiger partial charge on any atom is 0.315 e. The lowest BCUT2D eigenvalue weighted by atomic mass is 10.2. The quantitative estimate of drug-likeness (QED) is 0.488. The molecule has 1 aromatic heterocycles. The summed E-state index contributed by atoms with van der Waals surface area (Å²) in [5, 5.41) is 24.3. The molecule has 1 amide bonds. The third-order valence-electron chi connectivity index (χ3n) is 3.05. The Bertz CT molecular complexity index is 802. The molecule has 1 aromatic carbocycles. The van der Waals surface area contributed by atoms with E-state index in [2.05, 4.69) is 15.5 Å². The topological polar surface area (TPSA) is 127 Å². The Kier molecular flexibility index (Phi) is 5.05. The molecule has 2 aromatic rings. The van der Waals surface area contributed by atoms with Gasteiger partial charge in [0.15, 0.2) is 5.75 Å². The first-order chi connectivity index (χ1) is 11.4. The highest BCUT2D eigenvalue weighted by Gasteiger charge is 2.19. The Balaban J connectivity index is 2.16. The van der Waals surface area contributed by atoms with Crippen molar-refractivity contribution in [2.45, 2.75) is 6.92 Å². The molecule has 0 aliphatic heterocycles. The molecule has 1 heterocycles. The van der Waals surface area contributed by atoms with Crippen LogP contribution in [0, 0.1) is 17.0 Å². The van der Waals surface area contributed by atoms with Gasteiger partial charge in [0.05, 0.1) is 23.8 Å². The zero-order chi connectivity index (χ0) is 17.7. The van der Waals surface area contributed by atoms with E-state index in [9.17, 15) is 20.0 Å². The Hall–Kier alpha value is -3.49. The van der Waals surface area contributed by atoms with Gasteiger partial charge in [0.2, 0.25) is 5.75 Å². The van der Waals surface area contributed by atoms with Gasteiger partial charge < -0.3 is 9.84 Å². The van der Waals surface area contributed by atoms with Crippen LogP contribution < -0.4 is 10.2 Å². The minimum absolute atomic E-state index is 0.0697. The molecule has 24 heavy (non-hydrogen) atoms. The average molecular weight is 330 g/mol. The number of carbonyl (C=O) groups is 1. The number of rotatable bonds is 5. The number of benzene rings is 1. The maximum atomic E-state index is 11.9. The minimum Gasteiger partial charge on any atom is -0.500 e. The molecule has 0 aliphatic rings. The summed E-state index contributed by atoms with van der Waals surface area (Å²) in [6.07, 6.45) is 2.61. The van der Waals surface area contributed by atoms with Gasteiger partial charge in [0.25, 0.3) is 5.91 Å². The van der Waals surface area contributed by atoms with Crippen molar-refractivity contribution in [1.29, 1.82) is 0 Å². The van der Waals surface area contributed by atoms with Crippen LogP contribution in [0.25, 0.3) is 0 Å². The fraction of sp³-hybridized carbons (Fsp3) is 0.133. The van der Waals surface area contributed by atoms with E-state index < -0.39 is 22.3 Å². The predicted molar refractivity (Wildman–Crippen MR) is 85.3 cm³/mol. The number of methoxy groups -OCH3 is 1. The first-order valence-corrected chi connectivity index (χ1v) is 6.74. The van der Waals surface area contributed by atoms with Crippen LogP contribution in [0.5, 0.6) is 11.5 Å². The highest BCUT2D eigenvalue weighted by Crippen LogP contribution is 2.36. The number of aryl methyl sites for hydroxylation is 1. The van der Waals surface area contributed by atoms with Crippen molar-refractivity contribution in [2.24, 2.45) is 5.10 Å². The number of pyridine rings is 1. The van der Waals surface area contributed by atoms with E-state index in [-0.39, 0.29) is 11.3 Å². The van der Waals surface area contributed by atoms with E-state index in [4.69, 9.17) is 4.74 Å². The number of hydrazone groups is 1. The summed E-state index contributed by atoms with van der Waals surface area (Å²) in [7, 11) is 1.27. The van der Waals surface area contributed by atoms with E-state index >= 15 is 0 Å². The van der Waals surface area contributed by atoms with Crippen molar-refractivity contribution in [3.05, 3.63) is 57.4 Å². The molecular weight excluding hydrogens is 316 g/mol. The molecule has 2 N–H and O–H groups in total. The highest BCUT2D eigenvalue weighted by atomic mass is 16.6. The molecule has 0 unspecified atom stereocenters. The van der Waals surface area contributed by atoms with Crippen molar-refractivity contribution in [3.63, 3.8) is 0 Å². The van der Waals surface area contributed by atoms with Crippen LogP contribution in [0.2, 0.25) is 0 Å². The molecule has 0 radical (unpaired) electrons. The summed E-state index contributed by atoms with van der Waals surface area (Å²) in [5.74, 6) is -1.12. The van der Waals surface area contributed by atoms with Crippen LogP contribution in [-0.2, 0) is 0 Å². The number of hydrogen-bond acceptors (Lipinski definition) is 7. The number of carbonyl (C=O) groups excluding carboxylic acids is 1. The third kappa shape index (κ3) is 3.83. The number of nitro groups is 1. The Morgan fingerprint density at radius 2 is 2.21 bits per heavy atom. The number of ether oxygens (including phenoxy) is 1. The lowest BCUT2D eigenvalue weighted by molar-refractivity contribution is -0.386. The molecule has 124 valence electrons. The van der Waals surface area contributed by atoms with Gasteiger partial charge in [-0.05, 0) is 25.1 Å². The van der Waals surface area contributed by atoms with Crippen LogP contribution in [-0.4, -0.2) is 34.2 Å². The number of nitrogens with one attached hydrogen (secondary N) is 1. The minimum atomic E-state index is -0.744. The van der Waals surface area contributed by atoms with Crippen LogP contribution in [0.3, 0.4) is 0 Å². The van der Waals surface area contributed by atoms with Crippen LogP contribution in [0.1, 0.15) is 21.6 Å². The molecule has 2 rings (SSSR count). The zero-order valence-corrected chi connectivity index (χ0v) is 12.9. The summed E-state index contributed by atoms with van der Waals surface area (Å²) in [6, 6.07) is 5.75. The molecular formula is C15H14N4O5. The van der Waals surface area contributed by atoms with Crippen molar-refractivity contribution < 1.29 is 19.6 Å². The second-order valence-corrected chi connectivity index (χ2v) is 4.74. The van der Waals surface area contributed by atoms with E-state index in [1.54, 1.807) is 19.1 Å². The lowest BCUT2D eigenvalue weighted by Crippen LogP contribution is -2.17. The summed E-state index contributed by atoms with van der Waals surface area (Å²) in [6.45, 7) is 1.80. The fourth-order valence-corrected chi connectivity index (χ4v) is 1.82. The van der Waals surface area contributed by atoms with Gasteiger partial charge in [-0.1, -0.05) is 0 Å². The number of phenols is 1. The molecule has 9 nitrogen and oxygen atoms in total. The van der Waals surface area contributed by atoms with Gasteiger partial charge in [0, 0.05) is 23.5 Å². The number of phenolic OH excluding ortho intramolecular Hbond substituents is 1. The average Bonchev–Trinajstić information content (AvgIpc) is 2.56. The van der Waals surface area contributed by atoms with E-state index in [1.165, 1.54) is 25.6 Å². The smallest absolute Gasteiger partial charge is 0.315 e. The second kappa shape index (κ2) is 7.18. The normalized spacial score (nSPS) is 10.6. The summed E-state index contributed by atoms with van der Waals surface area (Å²) >= 11 is 0. The van der Waals surface area contributed by atoms with Crippen LogP contribution in [0.15, 0.2) is 35.6 Å². The monoisotopic (exact) mass is 330 g/mol. The fourth-order valence-electron chi connectivity index (χ4n) is 1.82. The van der Waals surface area contributed by atoms with Crippen molar-refractivity contribution >= 4 is 17.8 Å². The van der Waals surface area contributed by atoms with Gasteiger partial charge >= 0.3 is 5.69 Å². The molecule has 0 fully saturated rings. The van der Waals surface area contributed by atoms with Gasteiger partial charge in [-0.25, -0.2) is 5.43 Å². The third-order valence-corrected chi connectivity index (χ3v) is 3.05. The highest BCUT2D eigenvalue weighted by molar-refractivity contribution is 5.94. The molecule has 0 spiro atoms. The van der Waals surface area contributed by atoms with Crippen LogP contribution in [0.4, 0.5) is 5.69 Å². The van der Waals surface area contributed by atoms with Crippen molar-refractivity contribution in [3.8, 4) is 11.5 Å². The van der Waals surface area contributed by atoms with Gasteiger partial charge in [-0.3, -0.25) is 19.9 Å². The summed E-state index contributed by atoms with van der Waals surface area (Å²) in [4.78, 5) is 26.0. The van der Waals surface area contributed by atoms with E-state index in [1.807, 2.05) is 0 Å². The van der Waals surface area contributed by atoms with E-state index in [0.717, 1.165) is 11.8 Å². The summed E-state index contributed by atoms with van der Waals surface area (Å²) in [5.41, 5.74) is 3.14. The second-order valence-electron chi connectivity index (χ2n) is 4.74. The SMILES string of the molecule is COc1cc(/C=N/NC(=O)c2ccc(C)nc2)cc([N+](=O)[O-])c1O. The van der Waals surface area contributed by atoms with Crippen molar-refractivity contribution in [1.82, 2.24) is 10.4 Å². The zero-order valence-electron chi connectivity index (χ0n) is 12.9. The summed E-state index contributed by atoms with van der Waals surface area (Å²) < 4.78 is 4.87. The number of nitro benzene ring substituents is 1. The maximum absolute atomic E-state index is 11.9. The Morgan fingerprint density at radius 1 is 1.46 bits per heavy atom. The molecule has 0 bridgehead atoms. The van der Waals surface area contributed by atoms with Gasteiger partial charge in [-0.15, -0.1) is 0 Å². The first kappa shape index (κ1) is 16.9. The number of amides is 1. The number of aromatic hydroxyl groups is 1. The molecule has 9 heteroatoms. The number of hydrogen-bond donors (Lipinski definition) is 2. The van der Waals surface area contributed by atoms with Gasteiger partial charge in [-0.2, -0.15) is 5.10 Å². The van der Waals surface area contributed by atoms with Crippen molar-refractivity contribution in [2.75, 3.05) is 7.11 Å². The Morgan fingerprint density at radius 3 is 2.79 bits per heavy atom. The molecule has 0 saturated carbocycles. The molecule has 0 atom stereocenters. The standard InChI is InChI=1S/C15H14N4O5/c1-9-3-4-11(8-16-9)15(21)18-17-7-10-5-12(19(22)23)14(20)13(6-10)24-2/h3-8,20H,1-2H3,(H,18,21)/b17-7+.